The van der Waals surface area contributed by atoms with Crippen LogP contribution in [0.3, 0.4) is 0 Å². The first-order valence-corrected chi connectivity index (χ1v) is 6.48. The molecule has 0 radical (unpaired) electrons. The van der Waals surface area contributed by atoms with Gasteiger partial charge in [-0.1, -0.05) is 53.7 Å². The van der Waals surface area contributed by atoms with E-state index in [1.54, 1.807) is 0 Å². The molecule has 0 heteroatoms. The smallest absolute Gasteiger partial charge is 0.0216 e. The third kappa shape index (κ3) is 2.66. The average molecular weight is 218 g/mol. The summed E-state index contributed by atoms with van der Waals surface area (Å²) in [5.74, 6) is 1.87. The summed E-state index contributed by atoms with van der Waals surface area (Å²) < 4.78 is 0. The highest BCUT2D eigenvalue weighted by molar-refractivity contribution is 5.42. The van der Waals surface area contributed by atoms with Crippen LogP contribution in [0.25, 0.3) is 0 Å². The highest BCUT2D eigenvalue weighted by Crippen LogP contribution is 2.31. The van der Waals surface area contributed by atoms with E-state index in [1.807, 2.05) is 0 Å². The Bertz CT molecular complexity index is 357. The largest absolute Gasteiger partial charge is 0.0587 e. The lowest BCUT2D eigenvalue weighted by Gasteiger charge is -2.21. The fourth-order valence-corrected chi connectivity index (χ4v) is 2.39. The second-order valence-electron chi connectivity index (χ2n) is 5.80. The van der Waals surface area contributed by atoms with Gasteiger partial charge in [0, 0.05) is 0 Å². The summed E-state index contributed by atoms with van der Waals surface area (Å²) in [7, 11) is 0. The molecule has 0 bridgehead atoms. The third-order valence-electron chi connectivity index (χ3n) is 3.34. The minimum absolute atomic E-state index is 0.621. The van der Waals surface area contributed by atoms with E-state index in [0.717, 1.165) is 0 Å². The molecule has 16 heavy (non-hydrogen) atoms. The van der Waals surface area contributed by atoms with Gasteiger partial charge in [-0.05, 0) is 46.9 Å². The molecule has 1 aromatic rings. The van der Waals surface area contributed by atoms with Crippen LogP contribution in [-0.4, -0.2) is 0 Å². The van der Waals surface area contributed by atoms with Crippen molar-refractivity contribution in [2.45, 2.75) is 66.2 Å². The zero-order valence-electron chi connectivity index (χ0n) is 11.9. The molecule has 0 aliphatic rings. The van der Waals surface area contributed by atoms with Gasteiger partial charge in [0.05, 0.1) is 0 Å². The Hall–Kier alpha value is -0.780. The first-order chi connectivity index (χ1) is 7.34. The lowest BCUT2D eigenvalue weighted by atomic mass is 9.85. The summed E-state index contributed by atoms with van der Waals surface area (Å²) in [6, 6.07) is 4.83. The standard InChI is InChI=1S/C16H26/c1-10(2)14-9-16(12(5)6)15(11(3)4)8-13(14)7/h8-12H,1-7H3. The maximum atomic E-state index is 2.43. The summed E-state index contributed by atoms with van der Waals surface area (Å²) in [6.45, 7) is 16.0. The van der Waals surface area contributed by atoms with Gasteiger partial charge in [0.2, 0.25) is 0 Å². The SMILES string of the molecule is Cc1cc(C(C)C)c(C(C)C)cc1C(C)C. The molecule has 0 amide bonds. The Kier molecular flexibility index (Phi) is 4.18. The first-order valence-electron chi connectivity index (χ1n) is 6.48. The number of benzene rings is 1. The second kappa shape index (κ2) is 5.03. The minimum atomic E-state index is 0.621. The van der Waals surface area contributed by atoms with E-state index in [2.05, 4.69) is 60.6 Å². The van der Waals surface area contributed by atoms with Crippen LogP contribution in [0, 0.1) is 6.92 Å². The van der Waals surface area contributed by atoms with Crippen LogP contribution in [0.4, 0.5) is 0 Å². The molecular formula is C16H26. The van der Waals surface area contributed by atoms with Crippen molar-refractivity contribution in [2.24, 2.45) is 0 Å². The van der Waals surface area contributed by atoms with Crippen LogP contribution in [0.15, 0.2) is 12.1 Å². The third-order valence-corrected chi connectivity index (χ3v) is 3.34. The molecule has 0 atom stereocenters. The fourth-order valence-electron chi connectivity index (χ4n) is 2.39. The van der Waals surface area contributed by atoms with Crippen molar-refractivity contribution in [3.05, 3.63) is 34.4 Å². The van der Waals surface area contributed by atoms with Gasteiger partial charge in [-0.2, -0.15) is 0 Å². The van der Waals surface area contributed by atoms with Gasteiger partial charge in [0.15, 0.2) is 0 Å². The Balaban J connectivity index is 3.37. The summed E-state index contributed by atoms with van der Waals surface area (Å²) in [6.07, 6.45) is 0. The normalized spacial score (nSPS) is 11.9. The highest BCUT2D eigenvalue weighted by Gasteiger charge is 2.14. The van der Waals surface area contributed by atoms with Crippen LogP contribution in [0.5, 0.6) is 0 Å². The summed E-state index contributed by atoms with van der Waals surface area (Å²) in [5, 5.41) is 0. The molecule has 90 valence electrons. The molecule has 0 nitrogen and oxygen atoms in total. The summed E-state index contributed by atoms with van der Waals surface area (Å²) in [5.41, 5.74) is 6.01. The molecule has 0 aliphatic carbocycles. The van der Waals surface area contributed by atoms with Crippen molar-refractivity contribution in [1.29, 1.82) is 0 Å². The molecule has 1 aromatic carbocycles. The second-order valence-corrected chi connectivity index (χ2v) is 5.80. The van der Waals surface area contributed by atoms with Crippen molar-refractivity contribution < 1.29 is 0 Å². The predicted molar refractivity (Wildman–Crippen MR) is 73.4 cm³/mol. The van der Waals surface area contributed by atoms with E-state index in [9.17, 15) is 0 Å². The van der Waals surface area contributed by atoms with E-state index < -0.39 is 0 Å². The molecule has 0 aromatic heterocycles. The van der Waals surface area contributed by atoms with Gasteiger partial charge in [0.1, 0.15) is 0 Å². The van der Waals surface area contributed by atoms with Gasteiger partial charge in [-0.15, -0.1) is 0 Å². The summed E-state index contributed by atoms with van der Waals surface area (Å²) in [4.78, 5) is 0. The molecule has 0 aliphatic heterocycles. The molecular weight excluding hydrogens is 192 g/mol. The van der Waals surface area contributed by atoms with E-state index in [-0.39, 0.29) is 0 Å². The fraction of sp³-hybridized carbons (Fsp3) is 0.625. The average Bonchev–Trinajstić information content (AvgIpc) is 2.15. The van der Waals surface area contributed by atoms with Gasteiger partial charge in [-0.25, -0.2) is 0 Å². The topological polar surface area (TPSA) is 0 Å². The van der Waals surface area contributed by atoms with Crippen LogP contribution < -0.4 is 0 Å². The predicted octanol–water partition coefficient (Wildman–Crippen LogP) is 5.37. The molecule has 0 fully saturated rings. The molecule has 0 unspecified atom stereocenters. The highest BCUT2D eigenvalue weighted by atomic mass is 14.2. The van der Waals surface area contributed by atoms with E-state index in [4.69, 9.17) is 0 Å². The minimum Gasteiger partial charge on any atom is -0.0587 e. The quantitative estimate of drug-likeness (QED) is 0.640. The Morgan fingerprint density at radius 3 is 1.38 bits per heavy atom. The van der Waals surface area contributed by atoms with Gasteiger partial charge in [0.25, 0.3) is 0 Å². The zero-order chi connectivity index (χ0) is 12.5. The van der Waals surface area contributed by atoms with Crippen molar-refractivity contribution in [1.82, 2.24) is 0 Å². The van der Waals surface area contributed by atoms with Crippen LogP contribution >= 0.6 is 0 Å². The monoisotopic (exact) mass is 218 g/mol. The number of hydrogen-bond donors (Lipinski definition) is 0. The number of hydrogen-bond acceptors (Lipinski definition) is 0. The Labute approximate surface area is 101 Å². The van der Waals surface area contributed by atoms with Crippen molar-refractivity contribution in [3.8, 4) is 0 Å². The van der Waals surface area contributed by atoms with E-state index in [0.29, 0.717) is 17.8 Å². The van der Waals surface area contributed by atoms with Crippen molar-refractivity contribution in [3.63, 3.8) is 0 Å². The molecule has 1 rings (SSSR count). The Morgan fingerprint density at radius 2 is 1.00 bits per heavy atom. The lowest BCUT2D eigenvalue weighted by Crippen LogP contribution is -2.03. The van der Waals surface area contributed by atoms with Crippen LogP contribution in [-0.2, 0) is 0 Å². The number of aryl methyl sites for hydroxylation is 1. The van der Waals surface area contributed by atoms with Gasteiger partial charge < -0.3 is 0 Å². The maximum absolute atomic E-state index is 2.43. The van der Waals surface area contributed by atoms with E-state index in [1.165, 1.54) is 22.3 Å². The van der Waals surface area contributed by atoms with Crippen LogP contribution in [0.2, 0.25) is 0 Å². The van der Waals surface area contributed by atoms with E-state index >= 15 is 0 Å². The Morgan fingerprint density at radius 1 is 0.625 bits per heavy atom. The van der Waals surface area contributed by atoms with Gasteiger partial charge in [-0.3, -0.25) is 0 Å². The van der Waals surface area contributed by atoms with Crippen molar-refractivity contribution in [2.75, 3.05) is 0 Å². The molecule has 0 saturated heterocycles. The number of rotatable bonds is 3. The summed E-state index contributed by atoms with van der Waals surface area (Å²) >= 11 is 0. The first kappa shape index (κ1) is 13.3. The molecule has 0 saturated carbocycles. The maximum Gasteiger partial charge on any atom is -0.0216 e. The molecule has 0 heterocycles. The van der Waals surface area contributed by atoms with Crippen molar-refractivity contribution >= 4 is 0 Å². The molecule has 0 spiro atoms. The van der Waals surface area contributed by atoms with Gasteiger partial charge >= 0.3 is 0 Å². The lowest BCUT2D eigenvalue weighted by molar-refractivity contribution is 0.773. The molecule has 0 N–H and O–H groups in total. The zero-order valence-corrected chi connectivity index (χ0v) is 11.9. The van der Waals surface area contributed by atoms with Crippen LogP contribution in [0.1, 0.15) is 81.5 Å².